The molecule has 0 saturated carbocycles. The van der Waals surface area contributed by atoms with E-state index in [1.54, 1.807) is 17.5 Å². The molecule has 1 N–H and O–H groups in total. The summed E-state index contributed by atoms with van der Waals surface area (Å²) in [5.41, 5.74) is 3.20. The molecule has 5 nitrogen and oxygen atoms in total. The van der Waals surface area contributed by atoms with Crippen molar-refractivity contribution in [2.45, 2.75) is 31.9 Å². The Morgan fingerprint density at radius 1 is 1.28 bits per heavy atom. The Hall–Kier alpha value is -2.31. The van der Waals surface area contributed by atoms with Crippen molar-refractivity contribution < 1.29 is 9.53 Å². The molecule has 0 bridgehead atoms. The molecule has 4 rings (SSSR count). The molecule has 128 valence electrons. The normalized spacial score (nSPS) is 16.6. The third-order valence-electron chi connectivity index (χ3n) is 4.33. The Bertz CT molecular complexity index is 860. The zero-order valence-electron chi connectivity index (χ0n) is 13.8. The molecule has 0 fully saturated rings. The Balaban J connectivity index is 1.31. The molecule has 1 atom stereocenters. The molecule has 1 aliphatic carbocycles. The van der Waals surface area contributed by atoms with Gasteiger partial charge in [0.2, 0.25) is 5.91 Å². The fraction of sp³-hybridized carbons (Fsp3) is 0.316. The van der Waals surface area contributed by atoms with E-state index >= 15 is 0 Å². The molecular weight excluding hydrogens is 334 g/mol. The highest BCUT2D eigenvalue weighted by atomic mass is 32.1. The van der Waals surface area contributed by atoms with Crippen molar-refractivity contribution in [1.29, 1.82) is 0 Å². The van der Waals surface area contributed by atoms with Crippen LogP contribution >= 0.6 is 11.3 Å². The topological polar surface area (TPSA) is 64.1 Å². The Labute approximate surface area is 150 Å². The number of carbonyl (C=O) groups is 1. The van der Waals surface area contributed by atoms with Gasteiger partial charge < -0.3 is 10.1 Å². The quantitative estimate of drug-likeness (QED) is 0.763. The van der Waals surface area contributed by atoms with Crippen LogP contribution < -0.4 is 5.32 Å². The van der Waals surface area contributed by atoms with Gasteiger partial charge in [-0.05, 0) is 43.0 Å². The molecule has 3 aromatic rings. The lowest BCUT2D eigenvalue weighted by atomic mass is 9.92. The average Bonchev–Trinajstić information content (AvgIpc) is 3.05. The number of fused-ring (bicyclic) bond motifs is 2. The molecule has 1 amide bonds. The van der Waals surface area contributed by atoms with Crippen LogP contribution in [0, 0.1) is 0 Å². The summed E-state index contributed by atoms with van der Waals surface area (Å²) >= 11 is 1.60. The first-order valence-electron chi connectivity index (χ1n) is 8.45. The number of pyridine rings is 1. The van der Waals surface area contributed by atoms with Gasteiger partial charge in [-0.1, -0.05) is 18.2 Å². The molecule has 25 heavy (non-hydrogen) atoms. The van der Waals surface area contributed by atoms with Crippen LogP contribution in [0.1, 0.15) is 35.1 Å². The molecule has 0 unspecified atom stereocenters. The van der Waals surface area contributed by atoms with Gasteiger partial charge in [0, 0.05) is 6.20 Å². The standard InChI is InChI=1S/C19H19N3O2S/c23-17(21-15-8-3-5-13-6-4-10-20-19(13)15)11-24-12-18-22-14-7-1-2-9-16(14)25-18/h1-2,4,6-7,9-10,15H,3,5,8,11-12H2,(H,21,23)/t15-/m1/s1. The number of hydrogen-bond donors (Lipinski definition) is 1. The first-order valence-corrected chi connectivity index (χ1v) is 9.26. The van der Waals surface area contributed by atoms with E-state index in [1.807, 2.05) is 30.3 Å². The number of amides is 1. The van der Waals surface area contributed by atoms with Crippen molar-refractivity contribution in [3.8, 4) is 0 Å². The summed E-state index contributed by atoms with van der Waals surface area (Å²) < 4.78 is 6.69. The summed E-state index contributed by atoms with van der Waals surface area (Å²) in [6, 6.07) is 12.0. The summed E-state index contributed by atoms with van der Waals surface area (Å²) in [7, 11) is 0. The minimum Gasteiger partial charge on any atom is -0.364 e. The molecule has 0 radical (unpaired) electrons. The van der Waals surface area contributed by atoms with Gasteiger partial charge in [0.05, 0.1) is 28.6 Å². The highest BCUT2D eigenvalue weighted by molar-refractivity contribution is 7.18. The van der Waals surface area contributed by atoms with Crippen molar-refractivity contribution >= 4 is 27.5 Å². The van der Waals surface area contributed by atoms with E-state index in [0.717, 1.165) is 40.2 Å². The van der Waals surface area contributed by atoms with E-state index in [0.29, 0.717) is 6.61 Å². The first-order chi connectivity index (χ1) is 12.3. The van der Waals surface area contributed by atoms with Gasteiger partial charge >= 0.3 is 0 Å². The summed E-state index contributed by atoms with van der Waals surface area (Å²) in [4.78, 5) is 21.2. The number of para-hydroxylation sites is 1. The second kappa shape index (κ2) is 7.29. The third kappa shape index (κ3) is 3.70. The largest absolute Gasteiger partial charge is 0.364 e. The molecule has 0 aliphatic heterocycles. The van der Waals surface area contributed by atoms with E-state index in [-0.39, 0.29) is 18.6 Å². The Morgan fingerprint density at radius 3 is 3.12 bits per heavy atom. The van der Waals surface area contributed by atoms with Gasteiger partial charge in [0.25, 0.3) is 0 Å². The van der Waals surface area contributed by atoms with Gasteiger partial charge in [0.1, 0.15) is 11.6 Å². The lowest BCUT2D eigenvalue weighted by Crippen LogP contribution is -2.34. The summed E-state index contributed by atoms with van der Waals surface area (Å²) in [5.74, 6) is -0.107. The van der Waals surface area contributed by atoms with Crippen LogP contribution in [0.15, 0.2) is 42.6 Å². The van der Waals surface area contributed by atoms with E-state index in [2.05, 4.69) is 21.4 Å². The lowest BCUT2D eigenvalue weighted by molar-refractivity contribution is -0.127. The van der Waals surface area contributed by atoms with Crippen LogP contribution in [-0.2, 0) is 22.6 Å². The number of aryl methyl sites for hydroxylation is 1. The van der Waals surface area contributed by atoms with Crippen LogP contribution in [0.25, 0.3) is 10.2 Å². The summed E-state index contributed by atoms with van der Waals surface area (Å²) in [6.07, 6.45) is 4.81. The number of nitrogens with one attached hydrogen (secondary N) is 1. The fourth-order valence-corrected chi connectivity index (χ4v) is 4.10. The van der Waals surface area contributed by atoms with E-state index in [9.17, 15) is 4.79 Å². The number of hydrogen-bond acceptors (Lipinski definition) is 5. The van der Waals surface area contributed by atoms with Crippen molar-refractivity contribution in [2.24, 2.45) is 0 Å². The second-order valence-corrected chi connectivity index (χ2v) is 7.24. The maximum absolute atomic E-state index is 12.2. The predicted octanol–water partition coefficient (Wildman–Crippen LogP) is 3.40. The van der Waals surface area contributed by atoms with E-state index in [1.165, 1.54) is 5.56 Å². The highest BCUT2D eigenvalue weighted by Gasteiger charge is 2.22. The lowest BCUT2D eigenvalue weighted by Gasteiger charge is -2.25. The van der Waals surface area contributed by atoms with Gasteiger partial charge in [-0.25, -0.2) is 4.98 Å². The average molecular weight is 353 g/mol. The Morgan fingerprint density at radius 2 is 2.20 bits per heavy atom. The molecule has 0 spiro atoms. The number of aromatic nitrogens is 2. The highest BCUT2D eigenvalue weighted by Crippen LogP contribution is 2.27. The monoisotopic (exact) mass is 353 g/mol. The number of nitrogens with zero attached hydrogens (tertiary/aromatic N) is 2. The second-order valence-electron chi connectivity index (χ2n) is 6.13. The molecule has 1 aromatic carbocycles. The SMILES string of the molecule is O=C(COCc1nc2ccccc2s1)N[C@@H]1CCCc2cccnc21. The first kappa shape index (κ1) is 16.2. The Kier molecular flexibility index (Phi) is 4.72. The summed E-state index contributed by atoms with van der Waals surface area (Å²) in [5, 5.41) is 3.93. The van der Waals surface area contributed by atoms with Crippen LogP contribution in [0.4, 0.5) is 0 Å². The maximum Gasteiger partial charge on any atom is 0.246 e. The predicted molar refractivity (Wildman–Crippen MR) is 97.3 cm³/mol. The van der Waals surface area contributed by atoms with Gasteiger partial charge in [-0.3, -0.25) is 9.78 Å². The van der Waals surface area contributed by atoms with Crippen LogP contribution in [0.3, 0.4) is 0 Å². The maximum atomic E-state index is 12.2. The zero-order chi connectivity index (χ0) is 17.1. The molecule has 0 saturated heterocycles. The third-order valence-corrected chi connectivity index (χ3v) is 5.34. The van der Waals surface area contributed by atoms with Crippen LogP contribution in [-0.4, -0.2) is 22.5 Å². The van der Waals surface area contributed by atoms with Crippen LogP contribution in [0.2, 0.25) is 0 Å². The molecule has 6 heteroatoms. The molecular formula is C19H19N3O2S. The van der Waals surface area contributed by atoms with E-state index < -0.39 is 0 Å². The molecule has 2 aromatic heterocycles. The summed E-state index contributed by atoms with van der Waals surface area (Å²) in [6.45, 7) is 0.390. The van der Waals surface area contributed by atoms with Crippen molar-refractivity contribution in [1.82, 2.24) is 15.3 Å². The van der Waals surface area contributed by atoms with Crippen molar-refractivity contribution in [3.05, 3.63) is 58.9 Å². The molecule has 1 aliphatic rings. The number of rotatable bonds is 5. The minimum atomic E-state index is -0.107. The number of thiazole rings is 1. The van der Waals surface area contributed by atoms with Crippen LogP contribution in [0.5, 0.6) is 0 Å². The molecule has 2 heterocycles. The number of carbonyl (C=O) groups excluding carboxylic acids is 1. The smallest absolute Gasteiger partial charge is 0.246 e. The van der Waals surface area contributed by atoms with E-state index in [4.69, 9.17) is 4.74 Å². The fourth-order valence-electron chi connectivity index (χ4n) is 3.20. The van der Waals surface area contributed by atoms with Gasteiger partial charge in [-0.15, -0.1) is 11.3 Å². The van der Waals surface area contributed by atoms with Crippen molar-refractivity contribution in [3.63, 3.8) is 0 Å². The van der Waals surface area contributed by atoms with Gasteiger partial charge in [0.15, 0.2) is 0 Å². The van der Waals surface area contributed by atoms with Gasteiger partial charge in [-0.2, -0.15) is 0 Å². The van der Waals surface area contributed by atoms with Crippen molar-refractivity contribution in [2.75, 3.05) is 6.61 Å². The minimum absolute atomic E-state index is 0.0106. The number of ether oxygens (including phenoxy) is 1. The zero-order valence-corrected chi connectivity index (χ0v) is 14.6. The number of benzene rings is 1.